The van der Waals surface area contributed by atoms with Crippen LogP contribution in [0.2, 0.25) is 0 Å². The Labute approximate surface area is 161 Å². The van der Waals surface area contributed by atoms with E-state index >= 15 is 0 Å². The molecule has 0 bridgehead atoms. The topological polar surface area (TPSA) is 51.2 Å². The van der Waals surface area contributed by atoms with E-state index in [1.807, 2.05) is 49.4 Å². The number of hydrogen-bond donors (Lipinski definition) is 1. The van der Waals surface area contributed by atoms with Crippen LogP contribution in [0.3, 0.4) is 0 Å². The van der Waals surface area contributed by atoms with E-state index in [1.54, 1.807) is 14.2 Å². The van der Waals surface area contributed by atoms with E-state index in [0.29, 0.717) is 19.2 Å². The summed E-state index contributed by atoms with van der Waals surface area (Å²) >= 11 is 0. The van der Waals surface area contributed by atoms with Gasteiger partial charge in [-0.15, -0.1) is 0 Å². The lowest BCUT2D eigenvalue weighted by molar-refractivity contribution is 0.0624. The van der Waals surface area contributed by atoms with Gasteiger partial charge in [0.2, 0.25) is 0 Å². The molecule has 1 unspecified atom stereocenters. The van der Waals surface area contributed by atoms with Crippen LogP contribution in [0.1, 0.15) is 24.0 Å². The molecule has 2 aromatic rings. The number of aliphatic hydroxyl groups is 1. The van der Waals surface area contributed by atoms with Crippen molar-refractivity contribution in [1.82, 2.24) is 4.90 Å². The molecule has 0 radical (unpaired) electrons. The number of para-hydroxylation sites is 1. The molecule has 1 saturated carbocycles. The number of rotatable bonds is 10. The molecule has 1 aliphatic carbocycles. The summed E-state index contributed by atoms with van der Waals surface area (Å²) in [6, 6.07) is 14.4. The molecule has 0 heterocycles. The molecule has 1 atom stereocenters. The second kappa shape index (κ2) is 9.11. The summed E-state index contributed by atoms with van der Waals surface area (Å²) in [5, 5.41) is 10.5. The molecule has 5 heteroatoms. The summed E-state index contributed by atoms with van der Waals surface area (Å²) in [4.78, 5) is 2.33. The highest BCUT2D eigenvalue weighted by molar-refractivity contribution is 5.42. The lowest BCUT2D eigenvalue weighted by Gasteiger charge is -2.25. The SMILES string of the molecule is COc1ccc(CN(CC(O)COc2ccccc2C)C2CC2)cc1OC. The van der Waals surface area contributed by atoms with Gasteiger partial charge >= 0.3 is 0 Å². The minimum absolute atomic E-state index is 0.292. The second-order valence-electron chi connectivity index (χ2n) is 7.08. The maximum absolute atomic E-state index is 10.5. The van der Waals surface area contributed by atoms with Crippen molar-refractivity contribution in [2.45, 2.75) is 38.5 Å². The smallest absolute Gasteiger partial charge is 0.161 e. The van der Waals surface area contributed by atoms with Crippen molar-refractivity contribution in [2.24, 2.45) is 0 Å². The van der Waals surface area contributed by atoms with Crippen LogP contribution in [-0.4, -0.2) is 49.5 Å². The van der Waals surface area contributed by atoms with Crippen LogP contribution in [0.15, 0.2) is 42.5 Å². The Bertz CT molecular complexity index is 745. The van der Waals surface area contributed by atoms with E-state index in [4.69, 9.17) is 14.2 Å². The van der Waals surface area contributed by atoms with Gasteiger partial charge < -0.3 is 19.3 Å². The standard InChI is InChI=1S/C22H29NO4/c1-16-6-4-5-7-20(16)27-15-19(24)14-23(18-9-10-18)13-17-8-11-21(25-2)22(12-17)26-3/h4-8,11-12,18-19,24H,9-10,13-15H2,1-3H3. The summed E-state index contributed by atoms with van der Waals surface area (Å²) in [6.45, 7) is 3.66. The van der Waals surface area contributed by atoms with Crippen LogP contribution < -0.4 is 14.2 Å². The lowest BCUT2D eigenvalue weighted by atomic mass is 10.1. The number of methoxy groups -OCH3 is 2. The molecule has 0 aliphatic heterocycles. The van der Waals surface area contributed by atoms with Crippen LogP contribution in [0.25, 0.3) is 0 Å². The van der Waals surface area contributed by atoms with Crippen molar-refractivity contribution in [3.63, 3.8) is 0 Å². The van der Waals surface area contributed by atoms with E-state index in [-0.39, 0.29) is 0 Å². The Morgan fingerprint density at radius 1 is 1.04 bits per heavy atom. The number of benzene rings is 2. The van der Waals surface area contributed by atoms with Gasteiger partial charge in [0.15, 0.2) is 11.5 Å². The summed E-state index contributed by atoms with van der Waals surface area (Å²) in [6.07, 6.45) is 1.82. The summed E-state index contributed by atoms with van der Waals surface area (Å²) in [5.41, 5.74) is 2.22. The van der Waals surface area contributed by atoms with Gasteiger partial charge in [-0.3, -0.25) is 4.90 Å². The number of aryl methyl sites for hydroxylation is 1. The first-order chi connectivity index (χ1) is 13.1. The van der Waals surface area contributed by atoms with Gasteiger partial charge in [0.1, 0.15) is 18.5 Å². The van der Waals surface area contributed by atoms with Crippen molar-refractivity contribution in [2.75, 3.05) is 27.4 Å². The molecule has 27 heavy (non-hydrogen) atoms. The third kappa shape index (κ3) is 5.37. The van der Waals surface area contributed by atoms with Crippen LogP contribution in [0.5, 0.6) is 17.2 Å². The quantitative estimate of drug-likeness (QED) is 0.694. The average Bonchev–Trinajstić information content (AvgIpc) is 3.52. The molecule has 0 saturated heterocycles. The van der Waals surface area contributed by atoms with Gasteiger partial charge in [0, 0.05) is 19.1 Å². The van der Waals surface area contributed by atoms with E-state index < -0.39 is 6.10 Å². The normalized spacial score (nSPS) is 14.9. The third-order valence-corrected chi connectivity index (χ3v) is 4.87. The Morgan fingerprint density at radius 2 is 1.78 bits per heavy atom. The molecule has 0 amide bonds. The number of nitrogens with zero attached hydrogens (tertiary/aromatic N) is 1. The number of ether oxygens (including phenoxy) is 3. The maximum atomic E-state index is 10.5. The molecule has 1 N–H and O–H groups in total. The molecular formula is C22H29NO4. The molecule has 0 spiro atoms. The molecule has 3 rings (SSSR count). The predicted octanol–water partition coefficient (Wildman–Crippen LogP) is 3.42. The Kier molecular flexibility index (Phi) is 6.58. The molecular weight excluding hydrogens is 342 g/mol. The molecule has 2 aromatic carbocycles. The predicted molar refractivity (Wildman–Crippen MR) is 106 cm³/mol. The van der Waals surface area contributed by atoms with E-state index in [9.17, 15) is 5.11 Å². The lowest BCUT2D eigenvalue weighted by Crippen LogP contribution is -2.36. The van der Waals surface area contributed by atoms with Gasteiger partial charge in [-0.25, -0.2) is 0 Å². The minimum atomic E-state index is -0.537. The van der Waals surface area contributed by atoms with Crippen molar-refractivity contribution in [1.29, 1.82) is 0 Å². The second-order valence-corrected chi connectivity index (χ2v) is 7.08. The highest BCUT2D eigenvalue weighted by atomic mass is 16.5. The zero-order valence-electron chi connectivity index (χ0n) is 16.4. The highest BCUT2D eigenvalue weighted by Gasteiger charge is 2.30. The molecule has 1 aliphatic rings. The first-order valence-corrected chi connectivity index (χ1v) is 9.42. The highest BCUT2D eigenvalue weighted by Crippen LogP contribution is 2.31. The average molecular weight is 371 g/mol. The van der Waals surface area contributed by atoms with Gasteiger partial charge in [0.05, 0.1) is 14.2 Å². The zero-order chi connectivity index (χ0) is 19.2. The van der Waals surface area contributed by atoms with Crippen molar-refractivity contribution < 1.29 is 19.3 Å². The molecule has 5 nitrogen and oxygen atoms in total. The van der Waals surface area contributed by atoms with Crippen LogP contribution in [0, 0.1) is 6.92 Å². The van der Waals surface area contributed by atoms with E-state index in [0.717, 1.165) is 34.9 Å². The van der Waals surface area contributed by atoms with Crippen molar-refractivity contribution in [3.05, 3.63) is 53.6 Å². The van der Waals surface area contributed by atoms with E-state index in [2.05, 4.69) is 4.90 Å². The number of aliphatic hydroxyl groups excluding tert-OH is 1. The fourth-order valence-electron chi connectivity index (χ4n) is 3.22. The van der Waals surface area contributed by atoms with Gasteiger partial charge in [-0.05, 0) is 49.1 Å². The fourth-order valence-corrected chi connectivity index (χ4v) is 3.22. The Hall–Kier alpha value is -2.24. The Morgan fingerprint density at radius 3 is 2.44 bits per heavy atom. The molecule has 1 fully saturated rings. The van der Waals surface area contributed by atoms with Gasteiger partial charge in [-0.1, -0.05) is 24.3 Å². The Balaban J connectivity index is 1.58. The summed E-state index contributed by atoms with van der Waals surface area (Å²) in [5.74, 6) is 2.29. The third-order valence-electron chi connectivity index (χ3n) is 4.87. The van der Waals surface area contributed by atoms with Crippen molar-refractivity contribution >= 4 is 0 Å². The summed E-state index contributed by atoms with van der Waals surface area (Å²) in [7, 11) is 3.28. The van der Waals surface area contributed by atoms with Gasteiger partial charge in [-0.2, -0.15) is 0 Å². The summed E-state index contributed by atoms with van der Waals surface area (Å²) < 4.78 is 16.5. The fraction of sp³-hybridized carbons (Fsp3) is 0.455. The van der Waals surface area contributed by atoms with Crippen LogP contribution >= 0.6 is 0 Å². The van der Waals surface area contributed by atoms with Crippen LogP contribution in [0.4, 0.5) is 0 Å². The molecule has 0 aromatic heterocycles. The monoisotopic (exact) mass is 371 g/mol. The van der Waals surface area contributed by atoms with E-state index in [1.165, 1.54) is 12.8 Å². The molecule has 146 valence electrons. The first-order valence-electron chi connectivity index (χ1n) is 9.42. The first kappa shape index (κ1) is 19.5. The minimum Gasteiger partial charge on any atom is -0.493 e. The maximum Gasteiger partial charge on any atom is 0.161 e. The largest absolute Gasteiger partial charge is 0.493 e. The van der Waals surface area contributed by atoms with Crippen LogP contribution in [-0.2, 0) is 6.54 Å². The number of hydrogen-bond acceptors (Lipinski definition) is 5. The van der Waals surface area contributed by atoms with Crippen molar-refractivity contribution in [3.8, 4) is 17.2 Å². The zero-order valence-corrected chi connectivity index (χ0v) is 16.4. The van der Waals surface area contributed by atoms with Gasteiger partial charge in [0.25, 0.3) is 0 Å².